The van der Waals surface area contributed by atoms with Crippen LogP contribution in [0.1, 0.15) is 26.2 Å². The highest BCUT2D eigenvalue weighted by Crippen LogP contribution is 2.42. The lowest BCUT2D eigenvalue weighted by molar-refractivity contribution is -0.139. The lowest BCUT2D eigenvalue weighted by atomic mass is 9.95. The highest BCUT2D eigenvalue weighted by Gasteiger charge is 2.34. The average molecular weight is 226 g/mol. The third-order valence-electron chi connectivity index (χ3n) is 3.05. The van der Waals surface area contributed by atoms with Crippen molar-refractivity contribution < 1.29 is 19.8 Å². The van der Waals surface area contributed by atoms with Gasteiger partial charge in [0.2, 0.25) is 0 Å². The number of ketones is 1. The molecule has 3 atom stereocenters. The van der Waals surface area contributed by atoms with Crippen molar-refractivity contribution in [3.63, 3.8) is 0 Å². The van der Waals surface area contributed by atoms with Crippen LogP contribution in [0.2, 0.25) is 0 Å². The molecule has 0 aromatic carbocycles. The molecule has 0 spiro atoms. The minimum atomic E-state index is -1.06. The molecule has 4 nitrogen and oxygen atoms in total. The number of carboxylic acids is 1. The van der Waals surface area contributed by atoms with Gasteiger partial charge < -0.3 is 10.2 Å². The van der Waals surface area contributed by atoms with Crippen molar-refractivity contribution in [1.29, 1.82) is 0 Å². The van der Waals surface area contributed by atoms with Gasteiger partial charge in [-0.15, -0.1) is 0 Å². The molecule has 0 amide bonds. The van der Waals surface area contributed by atoms with Crippen LogP contribution in [-0.4, -0.2) is 28.6 Å². The Hall–Kier alpha value is -1.16. The van der Waals surface area contributed by atoms with Crippen LogP contribution in [0.4, 0.5) is 0 Å². The Morgan fingerprint density at radius 3 is 2.19 bits per heavy atom. The molecular weight excluding hydrogens is 208 g/mol. The number of fused-ring (bicyclic) bond motifs is 2. The molecule has 2 rings (SSSR count). The standard InChI is InChI=1S/C8H12O.C4H6O3/c9-5-8-4-6-1-2-7(8)3-6;1-3(5)2-4(6)7/h1-2,6-9H,3-5H2;2H2,1H3,(H,6,7). The molecule has 2 aliphatic rings. The van der Waals surface area contributed by atoms with E-state index in [2.05, 4.69) is 12.2 Å². The Morgan fingerprint density at radius 2 is 2.00 bits per heavy atom. The van der Waals surface area contributed by atoms with Crippen molar-refractivity contribution in [3.05, 3.63) is 12.2 Å². The van der Waals surface area contributed by atoms with Crippen LogP contribution in [0.25, 0.3) is 0 Å². The van der Waals surface area contributed by atoms with Crippen molar-refractivity contribution in [2.24, 2.45) is 17.8 Å². The predicted molar refractivity (Wildman–Crippen MR) is 58.9 cm³/mol. The molecule has 2 bridgehead atoms. The van der Waals surface area contributed by atoms with Gasteiger partial charge in [-0.1, -0.05) is 12.2 Å². The third kappa shape index (κ3) is 3.77. The number of allylic oxidation sites excluding steroid dienone is 2. The van der Waals surface area contributed by atoms with Crippen LogP contribution < -0.4 is 0 Å². The molecule has 0 heterocycles. The fraction of sp³-hybridized carbons (Fsp3) is 0.667. The van der Waals surface area contributed by atoms with Crippen LogP contribution >= 0.6 is 0 Å². The van der Waals surface area contributed by atoms with Gasteiger partial charge in [0.05, 0.1) is 0 Å². The minimum absolute atomic E-state index is 0.312. The molecule has 2 aliphatic carbocycles. The lowest BCUT2D eigenvalue weighted by Gasteiger charge is -2.13. The average Bonchev–Trinajstić information content (AvgIpc) is 2.76. The number of Topliss-reactive ketones (excluding diaryl/α,β-unsaturated/α-hetero) is 1. The second kappa shape index (κ2) is 5.80. The van der Waals surface area contributed by atoms with Gasteiger partial charge in [-0.05, 0) is 37.5 Å². The Balaban J connectivity index is 0.000000168. The SMILES string of the molecule is CC(=O)CC(=O)O.OCC1CC2C=CC1C2. The van der Waals surface area contributed by atoms with Crippen molar-refractivity contribution in [2.45, 2.75) is 26.2 Å². The summed E-state index contributed by atoms with van der Waals surface area (Å²) in [5.74, 6) is 0.757. The van der Waals surface area contributed by atoms with Crippen LogP contribution in [0, 0.1) is 17.8 Å². The number of carboxylic acid groups (broad SMARTS) is 1. The fourth-order valence-corrected chi connectivity index (χ4v) is 2.32. The Morgan fingerprint density at radius 1 is 1.31 bits per heavy atom. The first-order chi connectivity index (χ1) is 7.52. The van der Waals surface area contributed by atoms with Gasteiger partial charge >= 0.3 is 5.97 Å². The number of aliphatic carboxylic acids is 1. The van der Waals surface area contributed by atoms with Gasteiger partial charge in [-0.25, -0.2) is 0 Å². The molecule has 2 N–H and O–H groups in total. The number of hydrogen-bond acceptors (Lipinski definition) is 3. The summed E-state index contributed by atoms with van der Waals surface area (Å²) in [5.41, 5.74) is 0. The summed E-state index contributed by atoms with van der Waals surface area (Å²) < 4.78 is 0. The number of carbonyl (C=O) groups is 2. The van der Waals surface area contributed by atoms with Gasteiger partial charge in [-0.3, -0.25) is 9.59 Å². The number of hydrogen-bond donors (Lipinski definition) is 2. The zero-order valence-corrected chi connectivity index (χ0v) is 9.43. The largest absolute Gasteiger partial charge is 0.481 e. The molecule has 0 radical (unpaired) electrons. The monoisotopic (exact) mass is 226 g/mol. The van der Waals surface area contributed by atoms with Crippen molar-refractivity contribution >= 4 is 11.8 Å². The lowest BCUT2D eigenvalue weighted by Crippen LogP contribution is -2.10. The van der Waals surface area contributed by atoms with Crippen LogP contribution in [0.3, 0.4) is 0 Å². The molecule has 3 unspecified atom stereocenters. The maximum Gasteiger partial charge on any atom is 0.310 e. The quantitative estimate of drug-likeness (QED) is 0.561. The number of rotatable bonds is 3. The number of aliphatic hydroxyl groups excluding tert-OH is 1. The Labute approximate surface area is 95.0 Å². The van der Waals surface area contributed by atoms with E-state index in [-0.39, 0.29) is 12.2 Å². The first kappa shape index (κ1) is 12.9. The van der Waals surface area contributed by atoms with Gasteiger partial charge in [0.15, 0.2) is 0 Å². The van der Waals surface area contributed by atoms with Crippen LogP contribution in [0.15, 0.2) is 12.2 Å². The molecule has 16 heavy (non-hydrogen) atoms. The fourth-order valence-electron chi connectivity index (χ4n) is 2.32. The summed E-state index contributed by atoms with van der Waals surface area (Å²) in [6.45, 7) is 1.64. The van der Waals surface area contributed by atoms with Crippen LogP contribution in [-0.2, 0) is 9.59 Å². The predicted octanol–water partition coefficient (Wildman–Crippen LogP) is 1.24. The zero-order valence-electron chi connectivity index (χ0n) is 9.43. The van der Waals surface area contributed by atoms with Crippen molar-refractivity contribution in [3.8, 4) is 0 Å². The summed E-state index contributed by atoms with van der Waals surface area (Å²) in [7, 11) is 0. The molecular formula is C12H18O4. The Bertz CT molecular complexity index is 283. The van der Waals surface area contributed by atoms with Gasteiger partial charge in [-0.2, -0.15) is 0 Å². The molecule has 1 fully saturated rings. The van der Waals surface area contributed by atoms with E-state index in [1.54, 1.807) is 0 Å². The topological polar surface area (TPSA) is 74.6 Å². The summed E-state index contributed by atoms with van der Waals surface area (Å²) in [5, 5.41) is 16.7. The molecule has 4 heteroatoms. The van der Waals surface area contributed by atoms with Gasteiger partial charge in [0, 0.05) is 6.61 Å². The maximum atomic E-state index is 9.87. The third-order valence-corrected chi connectivity index (χ3v) is 3.05. The van der Waals surface area contributed by atoms with Gasteiger partial charge in [0.25, 0.3) is 0 Å². The molecule has 90 valence electrons. The summed E-state index contributed by atoms with van der Waals surface area (Å²) in [6, 6.07) is 0. The minimum Gasteiger partial charge on any atom is -0.481 e. The number of carbonyl (C=O) groups excluding carboxylic acids is 1. The number of aliphatic hydroxyl groups is 1. The summed E-state index contributed by atoms with van der Waals surface area (Å²) in [4.78, 5) is 19.5. The highest BCUT2D eigenvalue weighted by atomic mass is 16.4. The molecule has 1 saturated carbocycles. The van der Waals surface area contributed by atoms with E-state index in [1.807, 2.05) is 0 Å². The summed E-state index contributed by atoms with van der Waals surface area (Å²) >= 11 is 0. The van der Waals surface area contributed by atoms with Gasteiger partial charge in [0.1, 0.15) is 12.2 Å². The molecule has 0 saturated heterocycles. The first-order valence-corrected chi connectivity index (χ1v) is 5.53. The molecule has 0 aliphatic heterocycles. The van der Waals surface area contributed by atoms with E-state index in [1.165, 1.54) is 19.8 Å². The Kier molecular flexibility index (Phi) is 4.68. The van der Waals surface area contributed by atoms with Crippen molar-refractivity contribution in [1.82, 2.24) is 0 Å². The second-order valence-corrected chi connectivity index (χ2v) is 4.50. The van der Waals surface area contributed by atoms with Crippen LogP contribution in [0.5, 0.6) is 0 Å². The highest BCUT2D eigenvalue weighted by molar-refractivity contribution is 5.93. The van der Waals surface area contributed by atoms with E-state index in [0.717, 1.165) is 11.8 Å². The second-order valence-electron chi connectivity index (χ2n) is 4.50. The van der Waals surface area contributed by atoms with E-state index in [4.69, 9.17) is 10.2 Å². The molecule has 0 aromatic rings. The maximum absolute atomic E-state index is 9.87. The van der Waals surface area contributed by atoms with E-state index in [0.29, 0.717) is 12.5 Å². The summed E-state index contributed by atoms with van der Waals surface area (Å²) in [6.07, 6.45) is 6.76. The molecule has 0 aromatic heterocycles. The normalized spacial score (nSPS) is 29.8. The van der Waals surface area contributed by atoms with E-state index >= 15 is 0 Å². The van der Waals surface area contributed by atoms with E-state index in [9.17, 15) is 9.59 Å². The van der Waals surface area contributed by atoms with E-state index < -0.39 is 5.97 Å². The smallest absolute Gasteiger partial charge is 0.310 e. The zero-order chi connectivity index (χ0) is 12.1. The van der Waals surface area contributed by atoms with Crippen molar-refractivity contribution in [2.75, 3.05) is 6.61 Å². The first-order valence-electron chi connectivity index (χ1n) is 5.53.